The lowest BCUT2D eigenvalue weighted by atomic mass is 10.2. The zero-order valence-electron chi connectivity index (χ0n) is 16.3. The van der Waals surface area contributed by atoms with Gasteiger partial charge in [0.15, 0.2) is 12.4 Å². The normalized spacial score (nSPS) is 10.6. The van der Waals surface area contributed by atoms with E-state index in [1.165, 1.54) is 0 Å². The van der Waals surface area contributed by atoms with Crippen molar-refractivity contribution >= 4 is 34.0 Å². The van der Waals surface area contributed by atoms with Crippen LogP contribution in [-0.4, -0.2) is 32.3 Å². The molecular weight excluding hydrogens is 418 g/mol. The average Bonchev–Trinajstić information content (AvgIpc) is 3.22. The summed E-state index contributed by atoms with van der Waals surface area (Å²) in [5.74, 6) is -0.0944. The second-order valence-corrected chi connectivity index (χ2v) is 6.68. The standard InChI is InChI=1S/C21H15N5O6/c27-20(12-32-19-10-9-15(25(28)29)11-18(19)26(30)31)22-14-7-5-13(6-8-14)21-23-16-3-1-2-4-17(16)24-21/h1-11H,12H2,(H,22,27)(H,23,24). The first-order chi connectivity index (χ1) is 15.4. The Balaban J connectivity index is 1.40. The maximum Gasteiger partial charge on any atom is 0.317 e. The third-order valence-electron chi connectivity index (χ3n) is 4.54. The number of non-ortho nitro benzene ring substituents is 1. The van der Waals surface area contributed by atoms with Gasteiger partial charge in [-0.2, -0.15) is 0 Å². The van der Waals surface area contributed by atoms with Crippen LogP contribution < -0.4 is 10.1 Å². The van der Waals surface area contributed by atoms with Crippen LogP contribution in [0, 0.1) is 20.2 Å². The Labute approximate surface area is 180 Å². The molecule has 0 aliphatic carbocycles. The number of aromatic amines is 1. The number of nitrogens with one attached hydrogen (secondary N) is 2. The maximum atomic E-state index is 12.2. The number of carbonyl (C=O) groups excluding carboxylic acids is 1. The number of carbonyl (C=O) groups is 1. The minimum Gasteiger partial charge on any atom is -0.477 e. The molecule has 0 saturated carbocycles. The van der Waals surface area contributed by atoms with Crippen LogP contribution in [0.1, 0.15) is 0 Å². The van der Waals surface area contributed by atoms with Gasteiger partial charge in [0, 0.05) is 17.3 Å². The van der Waals surface area contributed by atoms with Crippen molar-refractivity contribution in [2.24, 2.45) is 0 Å². The number of hydrogen-bond donors (Lipinski definition) is 2. The molecule has 0 spiro atoms. The van der Waals surface area contributed by atoms with Crippen molar-refractivity contribution in [2.75, 3.05) is 11.9 Å². The number of amides is 1. The molecule has 160 valence electrons. The summed E-state index contributed by atoms with van der Waals surface area (Å²) in [5, 5.41) is 24.5. The first-order valence-corrected chi connectivity index (χ1v) is 9.31. The molecule has 1 amide bonds. The van der Waals surface area contributed by atoms with E-state index in [9.17, 15) is 25.0 Å². The number of aromatic nitrogens is 2. The Morgan fingerprint density at radius 1 is 1.00 bits per heavy atom. The number of ether oxygens (including phenoxy) is 1. The first kappa shape index (κ1) is 20.5. The molecule has 3 aromatic carbocycles. The summed E-state index contributed by atoms with van der Waals surface area (Å²) in [7, 11) is 0. The molecule has 0 radical (unpaired) electrons. The summed E-state index contributed by atoms with van der Waals surface area (Å²) in [6, 6.07) is 17.5. The van der Waals surface area contributed by atoms with Crippen LogP contribution in [0.2, 0.25) is 0 Å². The summed E-state index contributed by atoms with van der Waals surface area (Å²) in [4.78, 5) is 40.3. The van der Waals surface area contributed by atoms with Gasteiger partial charge in [-0.25, -0.2) is 4.98 Å². The van der Waals surface area contributed by atoms with Crippen LogP contribution in [0.25, 0.3) is 22.4 Å². The highest BCUT2D eigenvalue weighted by atomic mass is 16.6. The summed E-state index contributed by atoms with van der Waals surface area (Å²) in [5.41, 5.74) is 2.04. The summed E-state index contributed by atoms with van der Waals surface area (Å²) in [6.07, 6.45) is 0. The molecule has 4 rings (SSSR count). The Kier molecular flexibility index (Phi) is 5.45. The quantitative estimate of drug-likeness (QED) is 0.329. The number of anilines is 1. The number of nitrogens with zero attached hydrogens (tertiary/aromatic N) is 3. The van der Waals surface area contributed by atoms with Gasteiger partial charge in [-0.15, -0.1) is 0 Å². The third kappa shape index (κ3) is 4.36. The number of hydrogen-bond acceptors (Lipinski definition) is 7. The van der Waals surface area contributed by atoms with E-state index in [0.717, 1.165) is 34.8 Å². The highest BCUT2D eigenvalue weighted by molar-refractivity contribution is 5.92. The number of fused-ring (bicyclic) bond motifs is 1. The second kappa shape index (κ2) is 8.52. The van der Waals surface area contributed by atoms with Crippen molar-refractivity contribution in [2.45, 2.75) is 0 Å². The van der Waals surface area contributed by atoms with Gasteiger partial charge < -0.3 is 15.0 Å². The van der Waals surface area contributed by atoms with Gasteiger partial charge in [-0.3, -0.25) is 25.0 Å². The molecule has 0 fully saturated rings. The van der Waals surface area contributed by atoms with E-state index in [4.69, 9.17) is 4.74 Å². The molecule has 0 bridgehead atoms. The summed E-state index contributed by atoms with van der Waals surface area (Å²) in [6.45, 7) is -0.510. The largest absolute Gasteiger partial charge is 0.477 e. The lowest BCUT2D eigenvalue weighted by Crippen LogP contribution is -2.20. The van der Waals surface area contributed by atoms with Crippen molar-refractivity contribution in [3.63, 3.8) is 0 Å². The lowest BCUT2D eigenvalue weighted by Gasteiger charge is -2.08. The van der Waals surface area contributed by atoms with E-state index in [-0.39, 0.29) is 5.75 Å². The summed E-state index contributed by atoms with van der Waals surface area (Å²) >= 11 is 0. The number of nitro groups is 2. The topological polar surface area (TPSA) is 153 Å². The molecule has 1 heterocycles. The van der Waals surface area contributed by atoms with E-state index in [2.05, 4.69) is 15.3 Å². The van der Waals surface area contributed by atoms with Crippen LogP contribution in [0.5, 0.6) is 5.75 Å². The Morgan fingerprint density at radius 3 is 2.44 bits per heavy atom. The summed E-state index contributed by atoms with van der Waals surface area (Å²) < 4.78 is 5.20. The predicted octanol–water partition coefficient (Wildman–Crippen LogP) is 4.06. The van der Waals surface area contributed by atoms with Crippen molar-refractivity contribution in [3.05, 3.63) is 87.0 Å². The highest BCUT2D eigenvalue weighted by Gasteiger charge is 2.21. The van der Waals surface area contributed by atoms with Crippen LogP contribution >= 0.6 is 0 Å². The SMILES string of the molecule is O=C(COc1ccc([N+](=O)[O-])cc1[N+](=O)[O-])Nc1ccc(-c2nc3ccccc3[nH]2)cc1. The Bertz CT molecular complexity index is 1300. The molecule has 32 heavy (non-hydrogen) atoms. The number of imidazole rings is 1. The monoisotopic (exact) mass is 433 g/mol. The zero-order chi connectivity index (χ0) is 22.7. The Hall–Kier alpha value is -4.80. The van der Waals surface area contributed by atoms with E-state index >= 15 is 0 Å². The molecule has 1 aromatic heterocycles. The smallest absolute Gasteiger partial charge is 0.317 e. The molecule has 4 aromatic rings. The molecule has 0 saturated heterocycles. The number of benzene rings is 3. The second-order valence-electron chi connectivity index (χ2n) is 6.68. The van der Waals surface area contributed by atoms with Crippen LogP contribution in [0.3, 0.4) is 0 Å². The zero-order valence-corrected chi connectivity index (χ0v) is 16.3. The molecule has 11 nitrogen and oxygen atoms in total. The minimum atomic E-state index is -0.809. The van der Waals surface area contributed by atoms with Crippen molar-refractivity contribution in [1.82, 2.24) is 9.97 Å². The van der Waals surface area contributed by atoms with Crippen LogP contribution in [0.15, 0.2) is 66.7 Å². The van der Waals surface area contributed by atoms with Crippen LogP contribution in [0.4, 0.5) is 17.1 Å². The molecule has 11 heteroatoms. The molecular formula is C21H15N5O6. The fraction of sp³-hybridized carbons (Fsp3) is 0.0476. The molecule has 0 aliphatic rings. The number of nitro benzene ring substituents is 2. The van der Waals surface area contributed by atoms with Crippen molar-refractivity contribution in [3.8, 4) is 17.1 Å². The predicted molar refractivity (Wildman–Crippen MR) is 115 cm³/mol. The fourth-order valence-corrected chi connectivity index (χ4v) is 3.03. The van der Waals surface area contributed by atoms with Gasteiger partial charge in [0.1, 0.15) is 5.82 Å². The number of H-pyrrole nitrogens is 1. The van der Waals surface area contributed by atoms with E-state index < -0.39 is 33.7 Å². The van der Waals surface area contributed by atoms with Gasteiger partial charge in [0.2, 0.25) is 0 Å². The van der Waals surface area contributed by atoms with E-state index in [0.29, 0.717) is 11.5 Å². The van der Waals surface area contributed by atoms with Gasteiger partial charge in [-0.1, -0.05) is 12.1 Å². The highest BCUT2D eigenvalue weighted by Crippen LogP contribution is 2.31. The average molecular weight is 433 g/mol. The van der Waals surface area contributed by atoms with Gasteiger partial charge in [0.05, 0.1) is 26.9 Å². The van der Waals surface area contributed by atoms with Gasteiger partial charge >= 0.3 is 5.69 Å². The maximum absolute atomic E-state index is 12.2. The lowest BCUT2D eigenvalue weighted by molar-refractivity contribution is -0.394. The van der Waals surface area contributed by atoms with E-state index in [1.54, 1.807) is 24.3 Å². The number of para-hydroxylation sites is 2. The first-order valence-electron chi connectivity index (χ1n) is 9.31. The van der Waals surface area contributed by atoms with Crippen molar-refractivity contribution < 1.29 is 19.4 Å². The molecule has 0 aliphatic heterocycles. The van der Waals surface area contributed by atoms with Crippen LogP contribution in [-0.2, 0) is 4.79 Å². The van der Waals surface area contributed by atoms with Crippen molar-refractivity contribution in [1.29, 1.82) is 0 Å². The number of rotatable bonds is 7. The van der Waals surface area contributed by atoms with Gasteiger partial charge in [0.25, 0.3) is 11.6 Å². The van der Waals surface area contributed by atoms with E-state index in [1.807, 2.05) is 24.3 Å². The third-order valence-corrected chi connectivity index (χ3v) is 4.54. The molecule has 2 N–H and O–H groups in total. The molecule has 0 unspecified atom stereocenters. The Morgan fingerprint density at radius 2 is 1.75 bits per heavy atom. The fourth-order valence-electron chi connectivity index (χ4n) is 3.03. The van der Waals surface area contributed by atoms with Gasteiger partial charge in [-0.05, 0) is 42.5 Å². The molecule has 0 atom stereocenters. The minimum absolute atomic E-state index is 0.240.